The van der Waals surface area contributed by atoms with E-state index >= 15 is 0 Å². The molecule has 1 N–H and O–H groups in total. The average Bonchev–Trinajstić information content (AvgIpc) is 2.25. The van der Waals surface area contributed by atoms with Crippen LogP contribution in [0, 0.1) is 0 Å². The molecular formula is C11H17O2P. The Labute approximate surface area is 87.1 Å². The summed E-state index contributed by atoms with van der Waals surface area (Å²) in [7, 11) is 0.906. The number of hydrogen-bond acceptors (Lipinski definition) is 2. The van der Waals surface area contributed by atoms with Crippen molar-refractivity contribution in [3.63, 3.8) is 0 Å². The van der Waals surface area contributed by atoms with E-state index in [2.05, 4.69) is 6.66 Å². The molecule has 2 unspecified atom stereocenters. The molecule has 2 atom stereocenters. The predicted molar refractivity (Wildman–Crippen MR) is 61.7 cm³/mol. The molecule has 0 heterocycles. The Morgan fingerprint density at radius 1 is 1.36 bits per heavy atom. The third-order valence-corrected chi connectivity index (χ3v) is 2.70. The fraction of sp³-hybridized carbons (Fsp3) is 0.455. The van der Waals surface area contributed by atoms with Crippen LogP contribution in [0.2, 0.25) is 0 Å². The Hall–Kier alpha value is -0.590. The zero-order valence-corrected chi connectivity index (χ0v) is 9.44. The lowest BCUT2D eigenvalue weighted by Crippen LogP contribution is -2.17. The summed E-state index contributed by atoms with van der Waals surface area (Å²) in [5, 5.41) is 9.52. The molecule has 0 aromatic heterocycles. The van der Waals surface area contributed by atoms with Gasteiger partial charge in [0.2, 0.25) is 0 Å². The van der Waals surface area contributed by atoms with Crippen LogP contribution in [0.5, 0.6) is 5.75 Å². The van der Waals surface area contributed by atoms with Gasteiger partial charge >= 0.3 is 0 Å². The highest BCUT2D eigenvalue weighted by atomic mass is 31.1. The number of hydrogen-bond donors (Lipinski definition) is 1. The quantitative estimate of drug-likeness (QED) is 0.732. The van der Waals surface area contributed by atoms with Crippen LogP contribution >= 0.6 is 8.58 Å². The molecule has 0 bridgehead atoms. The first-order valence-corrected chi connectivity index (χ1v) is 6.54. The van der Waals surface area contributed by atoms with Gasteiger partial charge in [-0.25, -0.2) is 0 Å². The lowest BCUT2D eigenvalue weighted by Gasteiger charge is -2.11. The Morgan fingerprint density at radius 2 is 2.07 bits per heavy atom. The predicted octanol–water partition coefficient (Wildman–Crippen LogP) is 2.12. The van der Waals surface area contributed by atoms with E-state index in [4.69, 9.17) is 4.74 Å². The second-order valence-electron chi connectivity index (χ2n) is 3.17. The van der Waals surface area contributed by atoms with Gasteiger partial charge in [0.1, 0.15) is 12.4 Å². The zero-order chi connectivity index (χ0) is 10.2. The minimum atomic E-state index is -0.331. The van der Waals surface area contributed by atoms with Gasteiger partial charge in [0.05, 0.1) is 6.10 Å². The summed E-state index contributed by atoms with van der Waals surface area (Å²) in [6, 6.07) is 9.59. The van der Waals surface area contributed by atoms with Crippen LogP contribution < -0.4 is 4.74 Å². The summed E-state index contributed by atoms with van der Waals surface area (Å²) in [6.07, 6.45) is 1.59. The maximum atomic E-state index is 9.52. The number of para-hydroxylation sites is 1. The number of benzene rings is 1. The lowest BCUT2D eigenvalue weighted by atomic mass is 10.3. The first kappa shape index (κ1) is 11.5. The van der Waals surface area contributed by atoms with E-state index in [9.17, 15) is 5.11 Å². The summed E-state index contributed by atoms with van der Waals surface area (Å²) < 4.78 is 5.42. The maximum absolute atomic E-state index is 9.52. The summed E-state index contributed by atoms with van der Waals surface area (Å²) in [5.41, 5.74) is 0. The van der Waals surface area contributed by atoms with Crippen LogP contribution in [-0.4, -0.2) is 30.6 Å². The second-order valence-corrected chi connectivity index (χ2v) is 4.38. The summed E-state index contributed by atoms with van der Waals surface area (Å²) in [6.45, 7) is 2.54. The van der Waals surface area contributed by atoms with Crippen LogP contribution in [0.25, 0.3) is 0 Å². The molecule has 1 aromatic carbocycles. The van der Waals surface area contributed by atoms with Gasteiger partial charge in [-0.2, -0.15) is 0 Å². The fourth-order valence-corrected chi connectivity index (χ4v) is 1.73. The van der Waals surface area contributed by atoms with E-state index < -0.39 is 0 Å². The highest BCUT2D eigenvalue weighted by Gasteiger charge is 2.03. The molecule has 14 heavy (non-hydrogen) atoms. The smallest absolute Gasteiger partial charge is 0.119 e. The average molecular weight is 212 g/mol. The lowest BCUT2D eigenvalue weighted by molar-refractivity contribution is 0.105. The molecule has 0 radical (unpaired) electrons. The standard InChI is InChI=1S/C11H17O2P/c1-14-8-7-10(12)9-13-11-5-3-2-4-6-11/h2-6,10,12,14H,7-9H2,1H3. The van der Waals surface area contributed by atoms with Crippen molar-refractivity contribution in [1.29, 1.82) is 0 Å². The van der Waals surface area contributed by atoms with Gasteiger partial charge < -0.3 is 9.84 Å². The van der Waals surface area contributed by atoms with Gasteiger partial charge in [-0.3, -0.25) is 0 Å². The van der Waals surface area contributed by atoms with Crippen molar-refractivity contribution >= 4 is 8.58 Å². The third-order valence-electron chi connectivity index (χ3n) is 1.91. The molecule has 0 saturated heterocycles. The number of aliphatic hydroxyl groups excluding tert-OH is 1. The van der Waals surface area contributed by atoms with Gasteiger partial charge in [0.15, 0.2) is 0 Å². The van der Waals surface area contributed by atoms with Crippen molar-refractivity contribution in [2.24, 2.45) is 0 Å². The third kappa shape index (κ3) is 4.59. The monoisotopic (exact) mass is 212 g/mol. The molecule has 0 saturated carbocycles. The van der Waals surface area contributed by atoms with Crippen LogP contribution in [0.3, 0.4) is 0 Å². The van der Waals surface area contributed by atoms with E-state index in [0.717, 1.165) is 26.9 Å². The zero-order valence-electron chi connectivity index (χ0n) is 8.44. The van der Waals surface area contributed by atoms with E-state index in [1.807, 2.05) is 30.3 Å². The van der Waals surface area contributed by atoms with Gasteiger partial charge in [-0.1, -0.05) is 18.2 Å². The highest BCUT2D eigenvalue weighted by molar-refractivity contribution is 7.36. The molecule has 0 aliphatic heterocycles. The van der Waals surface area contributed by atoms with E-state index in [-0.39, 0.29) is 6.10 Å². The van der Waals surface area contributed by atoms with Crippen molar-refractivity contribution in [1.82, 2.24) is 0 Å². The second kappa shape index (κ2) is 6.80. The van der Waals surface area contributed by atoms with Crippen molar-refractivity contribution in [3.05, 3.63) is 30.3 Å². The van der Waals surface area contributed by atoms with E-state index in [1.54, 1.807) is 0 Å². The van der Waals surface area contributed by atoms with Gasteiger partial charge in [0, 0.05) is 0 Å². The number of ether oxygens (including phenoxy) is 1. The Kier molecular flexibility index (Phi) is 5.58. The summed E-state index contributed by atoms with van der Waals surface area (Å²) in [5.74, 6) is 0.825. The number of aliphatic hydroxyl groups is 1. The van der Waals surface area contributed by atoms with Crippen molar-refractivity contribution in [2.75, 3.05) is 19.4 Å². The first-order valence-electron chi connectivity index (χ1n) is 4.83. The van der Waals surface area contributed by atoms with Gasteiger partial charge in [0.25, 0.3) is 0 Å². The van der Waals surface area contributed by atoms with Crippen LogP contribution in [0.15, 0.2) is 30.3 Å². The molecule has 3 heteroatoms. The molecular weight excluding hydrogens is 195 g/mol. The summed E-state index contributed by atoms with van der Waals surface area (Å²) >= 11 is 0. The molecule has 0 aliphatic carbocycles. The molecule has 0 spiro atoms. The summed E-state index contributed by atoms with van der Waals surface area (Å²) in [4.78, 5) is 0. The van der Waals surface area contributed by atoms with Gasteiger partial charge in [-0.15, -0.1) is 8.58 Å². The van der Waals surface area contributed by atoms with Crippen molar-refractivity contribution < 1.29 is 9.84 Å². The van der Waals surface area contributed by atoms with Crippen molar-refractivity contribution in [2.45, 2.75) is 12.5 Å². The molecule has 1 aromatic rings. The fourth-order valence-electron chi connectivity index (χ4n) is 1.10. The maximum Gasteiger partial charge on any atom is 0.119 e. The van der Waals surface area contributed by atoms with Crippen LogP contribution in [0.1, 0.15) is 6.42 Å². The molecule has 1 rings (SSSR count). The molecule has 78 valence electrons. The molecule has 0 amide bonds. The van der Waals surface area contributed by atoms with Crippen LogP contribution in [0.4, 0.5) is 0 Å². The molecule has 0 aliphatic rings. The van der Waals surface area contributed by atoms with E-state index in [1.165, 1.54) is 0 Å². The number of rotatable bonds is 6. The first-order chi connectivity index (χ1) is 6.83. The minimum Gasteiger partial charge on any atom is -0.491 e. The Balaban J connectivity index is 2.20. The molecule has 0 fully saturated rings. The normalized spacial score (nSPS) is 13.3. The largest absolute Gasteiger partial charge is 0.491 e. The van der Waals surface area contributed by atoms with Crippen molar-refractivity contribution in [3.8, 4) is 5.75 Å². The molecule has 2 nitrogen and oxygen atoms in total. The Bertz CT molecular complexity index is 238. The minimum absolute atomic E-state index is 0.331. The van der Waals surface area contributed by atoms with Gasteiger partial charge in [-0.05, 0) is 31.4 Å². The topological polar surface area (TPSA) is 29.5 Å². The Morgan fingerprint density at radius 3 is 2.71 bits per heavy atom. The van der Waals surface area contributed by atoms with E-state index in [0.29, 0.717) is 6.61 Å². The highest BCUT2D eigenvalue weighted by Crippen LogP contribution is 2.11. The SMILES string of the molecule is CPCCC(O)COc1ccccc1. The van der Waals surface area contributed by atoms with Crippen LogP contribution in [-0.2, 0) is 0 Å².